The first-order valence-electron chi connectivity index (χ1n) is 9.42. The van der Waals surface area contributed by atoms with Crippen molar-refractivity contribution in [1.82, 2.24) is 15.1 Å². The number of non-ortho nitro benzene ring substituents is 1. The maximum atomic E-state index is 10.8. The van der Waals surface area contributed by atoms with Crippen molar-refractivity contribution in [3.05, 3.63) is 64.0 Å². The van der Waals surface area contributed by atoms with E-state index in [0.717, 1.165) is 18.5 Å². The molecule has 158 valence electrons. The number of nitrogens with zero attached hydrogens (tertiary/aromatic N) is 4. The number of nitro groups is 1. The molecule has 0 aliphatic heterocycles. The van der Waals surface area contributed by atoms with Crippen molar-refractivity contribution < 1.29 is 18.8 Å². The molecule has 3 rings (SSSR count). The number of rotatable bonds is 9. The SMILES string of the molecule is COc1ccc(CCN(C)[C@@H](C)c2nnc(-c3ccc([N+](=O)[O-])cc3)o2)cc1OC. The molecule has 0 fully saturated rings. The molecule has 30 heavy (non-hydrogen) atoms. The van der Waals surface area contributed by atoms with Crippen molar-refractivity contribution in [2.45, 2.75) is 19.4 Å². The fraction of sp³-hybridized carbons (Fsp3) is 0.333. The zero-order valence-electron chi connectivity index (χ0n) is 17.4. The summed E-state index contributed by atoms with van der Waals surface area (Å²) in [6.07, 6.45) is 0.810. The highest BCUT2D eigenvalue weighted by Crippen LogP contribution is 2.28. The van der Waals surface area contributed by atoms with E-state index in [1.54, 1.807) is 26.4 Å². The number of benzene rings is 2. The van der Waals surface area contributed by atoms with Crippen LogP contribution in [0.4, 0.5) is 5.69 Å². The maximum absolute atomic E-state index is 10.8. The fourth-order valence-electron chi connectivity index (χ4n) is 2.97. The van der Waals surface area contributed by atoms with E-state index in [1.807, 2.05) is 32.2 Å². The first kappa shape index (κ1) is 21.3. The zero-order valence-corrected chi connectivity index (χ0v) is 17.4. The summed E-state index contributed by atoms with van der Waals surface area (Å²) in [6, 6.07) is 11.8. The third-order valence-electron chi connectivity index (χ3n) is 4.99. The second-order valence-electron chi connectivity index (χ2n) is 6.85. The summed E-state index contributed by atoms with van der Waals surface area (Å²) in [5, 5.41) is 19.0. The van der Waals surface area contributed by atoms with Gasteiger partial charge in [0.05, 0.1) is 25.2 Å². The van der Waals surface area contributed by atoms with Crippen LogP contribution in [-0.4, -0.2) is 47.8 Å². The smallest absolute Gasteiger partial charge is 0.269 e. The molecule has 0 saturated heterocycles. The number of likely N-dealkylation sites (N-methyl/N-ethyl adjacent to an activating group) is 1. The van der Waals surface area contributed by atoms with E-state index < -0.39 is 4.92 Å². The Morgan fingerprint density at radius 3 is 2.43 bits per heavy atom. The average Bonchev–Trinajstić information content (AvgIpc) is 3.27. The lowest BCUT2D eigenvalue weighted by Crippen LogP contribution is -2.25. The molecular weight excluding hydrogens is 388 g/mol. The Balaban J connectivity index is 1.64. The van der Waals surface area contributed by atoms with E-state index in [9.17, 15) is 10.1 Å². The van der Waals surface area contributed by atoms with Crippen LogP contribution in [0.3, 0.4) is 0 Å². The molecule has 2 aromatic carbocycles. The Morgan fingerprint density at radius 1 is 1.10 bits per heavy atom. The molecule has 0 saturated carbocycles. The molecule has 0 bridgehead atoms. The third-order valence-corrected chi connectivity index (χ3v) is 4.99. The van der Waals surface area contributed by atoms with Crippen LogP contribution in [-0.2, 0) is 6.42 Å². The Morgan fingerprint density at radius 2 is 1.80 bits per heavy atom. The van der Waals surface area contributed by atoms with Gasteiger partial charge in [-0.3, -0.25) is 15.0 Å². The number of hydrogen-bond donors (Lipinski definition) is 0. The van der Waals surface area contributed by atoms with Gasteiger partial charge in [-0.15, -0.1) is 10.2 Å². The number of hydrogen-bond acceptors (Lipinski definition) is 8. The highest BCUT2D eigenvalue weighted by atomic mass is 16.6. The molecule has 0 amide bonds. The summed E-state index contributed by atoms with van der Waals surface area (Å²) in [6.45, 7) is 2.76. The molecule has 0 aliphatic rings. The summed E-state index contributed by atoms with van der Waals surface area (Å²) in [7, 11) is 5.22. The predicted octanol–water partition coefficient (Wildman–Crippen LogP) is 3.90. The van der Waals surface area contributed by atoms with E-state index in [-0.39, 0.29) is 11.7 Å². The molecule has 1 aromatic heterocycles. The standard InChI is InChI=1S/C21H24N4O5/c1-14(24(2)12-11-15-5-10-18(28-3)19(13-15)29-4)20-22-23-21(30-20)16-6-8-17(9-7-16)25(26)27/h5-10,13-14H,11-12H2,1-4H3/t14-/m0/s1. The molecular formula is C21H24N4O5. The van der Waals surface area contributed by atoms with Gasteiger partial charge in [-0.05, 0) is 50.2 Å². The number of methoxy groups -OCH3 is 2. The normalized spacial score (nSPS) is 12.0. The quantitative estimate of drug-likeness (QED) is 0.385. The summed E-state index contributed by atoms with van der Waals surface area (Å²) >= 11 is 0. The Hall–Kier alpha value is -3.46. The molecule has 0 radical (unpaired) electrons. The van der Waals surface area contributed by atoms with Crippen molar-refractivity contribution in [1.29, 1.82) is 0 Å². The van der Waals surface area contributed by atoms with Gasteiger partial charge in [-0.1, -0.05) is 6.07 Å². The molecule has 9 heteroatoms. The Labute approximate surface area is 174 Å². The van der Waals surface area contributed by atoms with Gasteiger partial charge in [0.25, 0.3) is 5.69 Å². The van der Waals surface area contributed by atoms with Crippen LogP contribution < -0.4 is 9.47 Å². The zero-order chi connectivity index (χ0) is 21.7. The molecule has 1 atom stereocenters. The first-order valence-corrected chi connectivity index (χ1v) is 9.42. The van der Waals surface area contributed by atoms with Crippen molar-refractivity contribution in [3.63, 3.8) is 0 Å². The molecule has 1 heterocycles. The lowest BCUT2D eigenvalue weighted by atomic mass is 10.1. The van der Waals surface area contributed by atoms with Gasteiger partial charge < -0.3 is 13.9 Å². The molecule has 0 unspecified atom stereocenters. The van der Waals surface area contributed by atoms with Crippen LogP contribution in [0.15, 0.2) is 46.9 Å². The highest BCUT2D eigenvalue weighted by molar-refractivity contribution is 5.55. The van der Waals surface area contributed by atoms with Crippen LogP contribution in [0.25, 0.3) is 11.5 Å². The monoisotopic (exact) mass is 412 g/mol. The van der Waals surface area contributed by atoms with Gasteiger partial charge in [0, 0.05) is 24.2 Å². The van der Waals surface area contributed by atoms with Crippen LogP contribution in [0, 0.1) is 10.1 Å². The second-order valence-corrected chi connectivity index (χ2v) is 6.85. The van der Waals surface area contributed by atoms with Gasteiger partial charge in [0.1, 0.15) is 0 Å². The molecule has 3 aromatic rings. The minimum atomic E-state index is -0.446. The fourth-order valence-corrected chi connectivity index (χ4v) is 2.97. The number of aromatic nitrogens is 2. The van der Waals surface area contributed by atoms with E-state index >= 15 is 0 Å². The topological polar surface area (TPSA) is 104 Å². The Bertz CT molecular complexity index is 1000. The Kier molecular flexibility index (Phi) is 6.63. The lowest BCUT2D eigenvalue weighted by molar-refractivity contribution is -0.384. The minimum Gasteiger partial charge on any atom is -0.493 e. The van der Waals surface area contributed by atoms with Crippen molar-refractivity contribution in [3.8, 4) is 23.0 Å². The van der Waals surface area contributed by atoms with Crippen LogP contribution >= 0.6 is 0 Å². The first-order chi connectivity index (χ1) is 14.4. The summed E-state index contributed by atoms with van der Waals surface area (Å²) in [5.41, 5.74) is 1.78. The lowest BCUT2D eigenvalue weighted by Gasteiger charge is -2.21. The number of ether oxygens (including phenoxy) is 2. The van der Waals surface area contributed by atoms with Crippen LogP contribution in [0.1, 0.15) is 24.4 Å². The summed E-state index contributed by atoms with van der Waals surface area (Å²) in [4.78, 5) is 12.5. The average molecular weight is 412 g/mol. The van der Waals surface area contributed by atoms with Gasteiger partial charge >= 0.3 is 0 Å². The van der Waals surface area contributed by atoms with Gasteiger partial charge in [0.15, 0.2) is 11.5 Å². The molecule has 9 nitrogen and oxygen atoms in total. The van der Waals surface area contributed by atoms with E-state index in [1.165, 1.54) is 12.1 Å². The predicted molar refractivity (Wildman–Crippen MR) is 111 cm³/mol. The second kappa shape index (κ2) is 9.36. The summed E-state index contributed by atoms with van der Waals surface area (Å²) in [5.74, 6) is 2.22. The molecule has 0 spiro atoms. The highest BCUT2D eigenvalue weighted by Gasteiger charge is 2.19. The van der Waals surface area contributed by atoms with E-state index in [0.29, 0.717) is 28.8 Å². The van der Waals surface area contributed by atoms with Crippen molar-refractivity contribution in [2.75, 3.05) is 27.8 Å². The maximum Gasteiger partial charge on any atom is 0.269 e. The van der Waals surface area contributed by atoms with E-state index in [4.69, 9.17) is 13.9 Å². The molecule has 0 N–H and O–H groups in total. The summed E-state index contributed by atoms with van der Waals surface area (Å²) < 4.78 is 16.4. The molecule has 0 aliphatic carbocycles. The minimum absolute atomic E-state index is 0.0155. The van der Waals surface area contributed by atoms with Gasteiger partial charge in [-0.2, -0.15) is 0 Å². The van der Waals surface area contributed by atoms with Crippen LogP contribution in [0.2, 0.25) is 0 Å². The van der Waals surface area contributed by atoms with E-state index in [2.05, 4.69) is 15.1 Å². The van der Waals surface area contributed by atoms with Crippen molar-refractivity contribution >= 4 is 5.69 Å². The third kappa shape index (κ3) is 4.74. The van der Waals surface area contributed by atoms with Gasteiger partial charge in [0.2, 0.25) is 11.8 Å². The van der Waals surface area contributed by atoms with Gasteiger partial charge in [-0.25, -0.2) is 0 Å². The van der Waals surface area contributed by atoms with Crippen LogP contribution in [0.5, 0.6) is 11.5 Å². The largest absolute Gasteiger partial charge is 0.493 e. The van der Waals surface area contributed by atoms with Crippen molar-refractivity contribution in [2.24, 2.45) is 0 Å². The number of nitro benzene ring substituents is 1.